The Morgan fingerprint density at radius 1 is 1.38 bits per heavy atom. The third-order valence-electron chi connectivity index (χ3n) is 4.13. The van der Waals surface area contributed by atoms with Crippen LogP contribution >= 0.6 is 11.3 Å². The molecule has 1 aromatic rings. The number of carbonyl (C=O) groups is 2. The molecule has 0 spiro atoms. The van der Waals surface area contributed by atoms with Crippen LogP contribution in [0.2, 0.25) is 0 Å². The van der Waals surface area contributed by atoms with E-state index in [2.05, 4.69) is 20.4 Å². The first-order valence-electron chi connectivity index (χ1n) is 7.24. The number of hydrogen-bond donors (Lipinski definition) is 2. The maximum atomic E-state index is 12.0. The van der Waals surface area contributed by atoms with Gasteiger partial charge in [0.05, 0.1) is 18.9 Å². The number of methoxy groups -OCH3 is 1. The van der Waals surface area contributed by atoms with Crippen molar-refractivity contribution in [3.05, 3.63) is 11.1 Å². The van der Waals surface area contributed by atoms with Crippen molar-refractivity contribution in [2.24, 2.45) is 11.8 Å². The fourth-order valence-electron chi connectivity index (χ4n) is 2.73. The number of aromatic nitrogens is 1. The van der Waals surface area contributed by atoms with Crippen molar-refractivity contribution in [2.75, 3.05) is 25.5 Å². The zero-order chi connectivity index (χ0) is 14.8. The first kappa shape index (κ1) is 14.5. The Labute approximate surface area is 127 Å². The predicted molar refractivity (Wildman–Crippen MR) is 79.2 cm³/mol. The summed E-state index contributed by atoms with van der Waals surface area (Å²) < 4.78 is 4.65. The first-order valence-corrected chi connectivity index (χ1v) is 8.06. The number of ether oxygens (including phenoxy) is 1. The minimum atomic E-state index is -0.301. The third-order valence-corrected chi connectivity index (χ3v) is 5.20. The van der Waals surface area contributed by atoms with Crippen LogP contribution in [0.25, 0.3) is 0 Å². The summed E-state index contributed by atoms with van der Waals surface area (Å²) in [6, 6.07) is 0. The number of amides is 1. The van der Waals surface area contributed by atoms with Crippen LogP contribution in [-0.4, -0.2) is 37.1 Å². The van der Waals surface area contributed by atoms with Crippen molar-refractivity contribution >= 4 is 28.3 Å². The number of rotatable bonds is 4. The van der Waals surface area contributed by atoms with Gasteiger partial charge in [0.1, 0.15) is 0 Å². The molecule has 3 rings (SSSR count). The number of anilines is 1. The van der Waals surface area contributed by atoms with Gasteiger partial charge in [-0.15, -0.1) is 11.3 Å². The molecule has 1 saturated carbocycles. The van der Waals surface area contributed by atoms with E-state index in [9.17, 15) is 9.59 Å². The highest BCUT2D eigenvalue weighted by atomic mass is 32.1. The van der Waals surface area contributed by atoms with E-state index in [4.69, 9.17) is 0 Å². The van der Waals surface area contributed by atoms with Gasteiger partial charge in [0.2, 0.25) is 5.91 Å². The summed E-state index contributed by atoms with van der Waals surface area (Å²) in [6.07, 6.45) is 4.66. The van der Waals surface area contributed by atoms with E-state index in [1.54, 1.807) is 11.3 Å². The number of nitrogens with one attached hydrogen (secondary N) is 2. The second-order valence-electron chi connectivity index (χ2n) is 5.55. The van der Waals surface area contributed by atoms with Crippen molar-refractivity contribution in [3.63, 3.8) is 0 Å². The molecule has 6 nitrogen and oxygen atoms in total. The van der Waals surface area contributed by atoms with Gasteiger partial charge >= 0.3 is 5.97 Å². The van der Waals surface area contributed by atoms with Gasteiger partial charge in [-0.2, -0.15) is 0 Å². The molecular weight excluding hydrogens is 290 g/mol. The van der Waals surface area contributed by atoms with Gasteiger partial charge in [0.15, 0.2) is 5.13 Å². The third kappa shape index (κ3) is 3.24. The van der Waals surface area contributed by atoms with Gasteiger partial charge in [0.25, 0.3) is 0 Å². The summed E-state index contributed by atoms with van der Waals surface area (Å²) in [7, 11) is 1.35. The van der Waals surface area contributed by atoms with E-state index in [1.807, 2.05) is 6.20 Å². The summed E-state index contributed by atoms with van der Waals surface area (Å²) in [5.41, 5.74) is 0. The Bertz CT molecular complexity index is 539. The number of carbonyl (C=O) groups excluding carboxylic acids is 2. The van der Waals surface area contributed by atoms with Crippen molar-refractivity contribution in [3.8, 4) is 0 Å². The van der Waals surface area contributed by atoms with E-state index in [0.717, 1.165) is 25.9 Å². The Hall–Kier alpha value is -1.47. The van der Waals surface area contributed by atoms with Crippen molar-refractivity contribution in [1.29, 1.82) is 0 Å². The second kappa shape index (κ2) is 6.11. The molecule has 1 saturated heterocycles. The lowest BCUT2D eigenvalue weighted by molar-refractivity contribution is -0.143. The van der Waals surface area contributed by atoms with Gasteiger partial charge in [-0.05, 0) is 38.3 Å². The maximum Gasteiger partial charge on any atom is 0.309 e. The molecule has 2 heterocycles. The molecule has 2 unspecified atom stereocenters. The van der Waals surface area contributed by atoms with Crippen LogP contribution in [0.3, 0.4) is 0 Å². The quantitative estimate of drug-likeness (QED) is 0.821. The number of hydrogen-bond acceptors (Lipinski definition) is 6. The molecule has 21 heavy (non-hydrogen) atoms. The largest absolute Gasteiger partial charge is 0.469 e. The van der Waals surface area contributed by atoms with Crippen LogP contribution < -0.4 is 10.6 Å². The van der Waals surface area contributed by atoms with Crippen LogP contribution in [0.4, 0.5) is 5.13 Å². The summed E-state index contributed by atoms with van der Waals surface area (Å²) in [5, 5.41) is 6.78. The molecule has 2 aliphatic rings. The lowest BCUT2D eigenvalue weighted by Crippen LogP contribution is -2.26. The molecule has 1 aliphatic heterocycles. The fraction of sp³-hybridized carbons (Fsp3) is 0.643. The van der Waals surface area contributed by atoms with E-state index in [1.165, 1.54) is 12.0 Å². The van der Waals surface area contributed by atoms with Crippen molar-refractivity contribution in [2.45, 2.75) is 25.2 Å². The predicted octanol–water partition coefficient (Wildman–Crippen LogP) is 1.36. The smallest absolute Gasteiger partial charge is 0.309 e. The van der Waals surface area contributed by atoms with E-state index < -0.39 is 0 Å². The molecule has 2 fully saturated rings. The molecular formula is C14H19N3O3S. The Balaban J connectivity index is 1.55. The summed E-state index contributed by atoms with van der Waals surface area (Å²) >= 11 is 1.54. The van der Waals surface area contributed by atoms with Crippen molar-refractivity contribution < 1.29 is 14.3 Å². The molecule has 0 radical (unpaired) electrons. The molecule has 2 atom stereocenters. The van der Waals surface area contributed by atoms with Gasteiger partial charge in [-0.3, -0.25) is 9.59 Å². The highest BCUT2D eigenvalue weighted by Gasteiger charge is 2.49. The Morgan fingerprint density at radius 2 is 2.14 bits per heavy atom. The van der Waals surface area contributed by atoms with Crippen LogP contribution in [0.15, 0.2) is 6.20 Å². The SMILES string of the molecule is COC(=O)C1CC1C(=O)Nc1ncc(C2CCNCC2)s1. The highest BCUT2D eigenvalue weighted by molar-refractivity contribution is 7.15. The number of piperidine rings is 1. The highest BCUT2D eigenvalue weighted by Crippen LogP contribution is 2.40. The van der Waals surface area contributed by atoms with Crippen molar-refractivity contribution in [1.82, 2.24) is 10.3 Å². The monoisotopic (exact) mass is 309 g/mol. The standard InChI is InChI=1S/C14H19N3O3S/c1-20-13(19)10-6-9(10)12(18)17-14-16-7-11(21-14)8-2-4-15-5-3-8/h7-10,15H,2-6H2,1H3,(H,16,17,18). The molecule has 1 aliphatic carbocycles. The summed E-state index contributed by atoms with van der Waals surface area (Å²) in [5.74, 6) is -0.429. The summed E-state index contributed by atoms with van der Waals surface area (Å²) in [4.78, 5) is 28.9. The topological polar surface area (TPSA) is 80.3 Å². The molecule has 1 amide bonds. The van der Waals surface area contributed by atoms with Gasteiger partial charge in [-0.1, -0.05) is 0 Å². The van der Waals surface area contributed by atoms with E-state index >= 15 is 0 Å². The second-order valence-corrected chi connectivity index (χ2v) is 6.62. The normalized spacial score (nSPS) is 25.4. The summed E-state index contributed by atoms with van der Waals surface area (Å²) in [6.45, 7) is 2.07. The minimum absolute atomic E-state index is 0.128. The molecule has 114 valence electrons. The van der Waals surface area contributed by atoms with Gasteiger partial charge in [-0.25, -0.2) is 4.98 Å². The number of esters is 1. The van der Waals surface area contributed by atoms with Crippen LogP contribution in [0.5, 0.6) is 0 Å². The van der Waals surface area contributed by atoms with Crippen LogP contribution in [0.1, 0.15) is 30.1 Å². The van der Waals surface area contributed by atoms with Gasteiger partial charge < -0.3 is 15.4 Å². The molecule has 0 aromatic carbocycles. The zero-order valence-corrected chi connectivity index (χ0v) is 12.7. The fourth-order valence-corrected chi connectivity index (χ4v) is 3.72. The number of thiazole rings is 1. The molecule has 0 bridgehead atoms. The molecule has 2 N–H and O–H groups in total. The minimum Gasteiger partial charge on any atom is -0.469 e. The number of nitrogens with zero attached hydrogens (tertiary/aromatic N) is 1. The zero-order valence-electron chi connectivity index (χ0n) is 11.9. The first-order chi connectivity index (χ1) is 10.2. The van der Waals surface area contributed by atoms with E-state index in [0.29, 0.717) is 17.5 Å². The Kier molecular flexibility index (Phi) is 4.21. The lowest BCUT2D eigenvalue weighted by atomic mass is 9.97. The lowest BCUT2D eigenvalue weighted by Gasteiger charge is -2.20. The maximum absolute atomic E-state index is 12.0. The average molecular weight is 309 g/mol. The van der Waals surface area contributed by atoms with E-state index in [-0.39, 0.29) is 23.7 Å². The van der Waals surface area contributed by atoms with Crippen LogP contribution in [-0.2, 0) is 14.3 Å². The molecule has 7 heteroatoms. The average Bonchev–Trinajstić information content (AvgIpc) is 3.20. The van der Waals surface area contributed by atoms with Gasteiger partial charge in [0, 0.05) is 11.1 Å². The Morgan fingerprint density at radius 3 is 2.86 bits per heavy atom. The van der Waals surface area contributed by atoms with Crippen LogP contribution in [0, 0.1) is 11.8 Å². The molecule has 1 aromatic heterocycles.